The normalized spacial score (nSPS) is 21.1. The van der Waals surface area contributed by atoms with Gasteiger partial charge in [0.15, 0.2) is 11.5 Å². The topological polar surface area (TPSA) is 93.0 Å². The molecule has 6 rings (SSSR count). The Balaban J connectivity index is 1.08. The molecule has 1 unspecified atom stereocenters. The van der Waals surface area contributed by atoms with E-state index in [-0.39, 0.29) is 17.5 Å². The molecule has 3 aliphatic heterocycles. The van der Waals surface area contributed by atoms with E-state index >= 15 is 0 Å². The number of benzene rings is 2. The van der Waals surface area contributed by atoms with Gasteiger partial charge in [0.25, 0.3) is 0 Å². The van der Waals surface area contributed by atoms with E-state index in [9.17, 15) is 4.79 Å². The second kappa shape index (κ2) is 7.77. The van der Waals surface area contributed by atoms with E-state index in [2.05, 4.69) is 27.5 Å². The number of carbonyl (C=O) groups excluding carboxylic acids is 1. The van der Waals surface area contributed by atoms with Crippen molar-refractivity contribution in [3.63, 3.8) is 0 Å². The smallest absolute Gasteiger partial charge is 0.321 e. The van der Waals surface area contributed by atoms with Crippen molar-refractivity contribution in [2.24, 2.45) is 5.41 Å². The van der Waals surface area contributed by atoms with Crippen LogP contribution in [0.1, 0.15) is 18.4 Å². The Morgan fingerprint density at radius 1 is 1.03 bits per heavy atom. The van der Waals surface area contributed by atoms with Gasteiger partial charge in [0, 0.05) is 42.4 Å². The van der Waals surface area contributed by atoms with E-state index in [4.69, 9.17) is 13.9 Å². The average Bonchev–Trinajstić information content (AvgIpc) is 3.43. The van der Waals surface area contributed by atoms with Crippen LogP contribution >= 0.6 is 0 Å². The van der Waals surface area contributed by atoms with Crippen molar-refractivity contribution in [2.45, 2.75) is 12.5 Å². The zero-order valence-corrected chi connectivity index (χ0v) is 18.4. The highest BCUT2D eigenvalue weighted by molar-refractivity contribution is 5.90. The molecule has 0 bridgehead atoms. The summed E-state index contributed by atoms with van der Waals surface area (Å²) < 4.78 is 17.1. The number of rotatable bonds is 3. The number of nitrogens with zero attached hydrogens (tertiary/aromatic N) is 4. The lowest BCUT2D eigenvalue weighted by Gasteiger charge is -2.47. The van der Waals surface area contributed by atoms with Crippen LogP contribution in [-0.4, -0.2) is 65.9 Å². The number of aromatic nitrogens is 2. The maximum absolute atomic E-state index is 12.8. The van der Waals surface area contributed by atoms with Crippen LogP contribution in [0.3, 0.4) is 0 Å². The minimum absolute atomic E-state index is 0.0466. The van der Waals surface area contributed by atoms with Crippen LogP contribution in [0, 0.1) is 5.41 Å². The third kappa shape index (κ3) is 3.68. The number of ether oxygens (including phenoxy) is 2. The number of anilines is 1. The summed E-state index contributed by atoms with van der Waals surface area (Å²) >= 11 is 0. The number of hydrogen-bond donors (Lipinski definition) is 1. The molecule has 0 saturated carbocycles. The van der Waals surface area contributed by atoms with Crippen LogP contribution < -0.4 is 14.8 Å². The van der Waals surface area contributed by atoms with Crippen LogP contribution in [0.4, 0.5) is 10.5 Å². The SMILES string of the molecule is CN1CC2(CC1c1nnc(-c3ccccc3)o1)CN(C(=O)Nc1ccc3c(c1)OCCO3)C2. The average molecular weight is 447 g/mol. The number of carbonyl (C=O) groups is 1. The van der Waals surface area contributed by atoms with Gasteiger partial charge in [-0.1, -0.05) is 18.2 Å². The van der Waals surface area contributed by atoms with E-state index in [1.54, 1.807) is 6.07 Å². The lowest BCUT2D eigenvalue weighted by Crippen LogP contribution is -2.60. The first kappa shape index (κ1) is 20.0. The summed E-state index contributed by atoms with van der Waals surface area (Å²) in [4.78, 5) is 16.9. The number of amides is 2. The standard InChI is InChI=1S/C24H25N5O4/c1-28-13-24(12-18(28)22-27-26-21(33-22)16-5-3-2-4-6-16)14-29(15-24)23(30)25-17-7-8-19-20(11-17)32-10-9-31-19/h2-8,11,18H,9-10,12-15H2,1H3,(H,25,30). The van der Waals surface area contributed by atoms with Crippen molar-refractivity contribution in [3.8, 4) is 23.0 Å². The van der Waals surface area contributed by atoms with Crippen molar-refractivity contribution in [2.75, 3.05) is 45.2 Å². The van der Waals surface area contributed by atoms with E-state index in [0.717, 1.165) is 18.5 Å². The molecule has 9 heteroatoms. The zero-order chi connectivity index (χ0) is 22.4. The van der Waals surface area contributed by atoms with Crippen molar-refractivity contribution in [1.29, 1.82) is 0 Å². The van der Waals surface area contributed by atoms with Crippen molar-refractivity contribution < 1.29 is 18.7 Å². The first-order valence-corrected chi connectivity index (χ1v) is 11.1. The van der Waals surface area contributed by atoms with E-state index < -0.39 is 0 Å². The molecular weight excluding hydrogens is 422 g/mol. The van der Waals surface area contributed by atoms with Crippen LogP contribution in [0.15, 0.2) is 52.9 Å². The summed E-state index contributed by atoms with van der Waals surface area (Å²) in [5.41, 5.74) is 1.66. The molecule has 4 heterocycles. The first-order chi connectivity index (χ1) is 16.1. The fourth-order valence-corrected chi connectivity index (χ4v) is 5.07. The minimum Gasteiger partial charge on any atom is -0.486 e. The Labute approximate surface area is 191 Å². The molecule has 3 aromatic rings. The Morgan fingerprint density at radius 3 is 2.64 bits per heavy atom. The predicted octanol–water partition coefficient (Wildman–Crippen LogP) is 3.42. The van der Waals surface area contributed by atoms with Gasteiger partial charge >= 0.3 is 6.03 Å². The molecular formula is C24H25N5O4. The lowest BCUT2D eigenvalue weighted by atomic mass is 9.78. The Bertz CT molecular complexity index is 1170. The summed E-state index contributed by atoms with van der Waals surface area (Å²) in [6.07, 6.45) is 0.883. The van der Waals surface area contributed by atoms with Gasteiger partial charge in [-0.15, -0.1) is 10.2 Å². The first-order valence-electron chi connectivity index (χ1n) is 11.1. The second-order valence-corrected chi connectivity index (χ2v) is 9.09. The zero-order valence-electron chi connectivity index (χ0n) is 18.4. The monoisotopic (exact) mass is 447 g/mol. The van der Waals surface area contributed by atoms with Gasteiger partial charge in [-0.25, -0.2) is 4.79 Å². The molecule has 33 heavy (non-hydrogen) atoms. The molecule has 170 valence electrons. The summed E-state index contributed by atoms with van der Waals surface area (Å²) in [5, 5.41) is 11.5. The molecule has 2 amide bonds. The molecule has 0 aliphatic carbocycles. The number of nitrogens with one attached hydrogen (secondary N) is 1. The Hall–Kier alpha value is -3.59. The van der Waals surface area contributed by atoms with E-state index in [0.29, 0.717) is 55.3 Å². The number of urea groups is 1. The summed E-state index contributed by atoms with van der Waals surface area (Å²) in [5.74, 6) is 2.54. The van der Waals surface area contributed by atoms with Gasteiger partial charge in [-0.3, -0.25) is 4.90 Å². The molecule has 2 aromatic carbocycles. The van der Waals surface area contributed by atoms with E-state index in [1.165, 1.54) is 0 Å². The van der Waals surface area contributed by atoms with Gasteiger partial charge in [0.2, 0.25) is 11.8 Å². The molecule has 2 saturated heterocycles. The number of fused-ring (bicyclic) bond motifs is 1. The van der Waals surface area contributed by atoms with Crippen LogP contribution in [0.2, 0.25) is 0 Å². The lowest BCUT2D eigenvalue weighted by molar-refractivity contribution is 0.0460. The van der Waals surface area contributed by atoms with Crippen LogP contribution in [0.25, 0.3) is 11.5 Å². The highest BCUT2D eigenvalue weighted by Gasteiger charge is 2.53. The molecule has 3 aliphatic rings. The third-order valence-electron chi connectivity index (χ3n) is 6.62. The Morgan fingerprint density at radius 2 is 1.82 bits per heavy atom. The summed E-state index contributed by atoms with van der Waals surface area (Å²) in [6, 6.07) is 15.2. The third-order valence-corrected chi connectivity index (χ3v) is 6.62. The molecule has 2 fully saturated rings. The minimum atomic E-state index is -0.104. The van der Waals surface area contributed by atoms with E-state index in [1.807, 2.05) is 47.4 Å². The fraction of sp³-hybridized carbons (Fsp3) is 0.375. The molecule has 1 spiro atoms. The number of likely N-dealkylation sites (tertiary alicyclic amines) is 2. The molecule has 1 aromatic heterocycles. The Kier molecular flexibility index (Phi) is 4.72. The highest BCUT2D eigenvalue weighted by atomic mass is 16.6. The van der Waals surface area contributed by atoms with Crippen LogP contribution in [-0.2, 0) is 0 Å². The van der Waals surface area contributed by atoms with Gasteiger partial charge < -0.3 is 24.1 Å². The molecule has 9 nitrogen and oxygen atoms in total. The van der Waals surface area contributed by atoms with Gasteiger partial charge in [0.1, 0.15) is 13.2 Å². The molecule has 0 radical (unpaired) electrons. The van der Waals surface area contributed by atoms with Gasteiger partial charge in [-0.2, -0.15) is 0 Å². The predicted molar refractivity (Wildman–Crippen MR) is 120 cm³/mol. The van der Waals surface area contributed by atoms with Crippen molar-refractivity contribution >= 4 is 11.7 Å². The van der Waals surface area contributed by atoms with Crippen LogP contribution in [0.5, 0.6) is 11.5 Å². The van der Waals surface area contributed by atoms with Gasteiger partial charge in [0.05, 0.1) is 6.04 Å². The van der Waals surface area contributed by atoms with Crippen molar-refractivity contribution in [1.82, 2.24) is 20.0 Å². The largest absolute Gasteiger partial charge is 0.486 e. The number of hydrogen-bond acceptors (Lipinski definition) is 7. The summed E-state index contributed by atoms with van der Waals surface area (Å²) in [7, 11) is 2.07. The summed E-state index contributed by atoms with van der Waals surface area (Å²) in [6.45, 7) is 3.34. The van der Waals surface area contributed by atoms with Crippen molar-refractivity contribution in [3.05, 3.63) is 54.4 Å². The second-order valence-electron chi connectivity index (χ2n) is 9.09. The molecule has 1 N–H and O–H groups in total. The molecule has 1 atom stereocenters. The highest BCUT2D eigenvalue weighted by Crippen LogP contribution is 2.47. The van der Waals surface area contributed by atoms with Gasteiger partial charge in [-0.05, 0) is 37.7 Å². The fourth-order valence-electron chi connectivity index (χ4n) is 5.07. The maximum atomic E-state index is 12.8. The quantitative estimate of drug-likeness (QED) is 0.658. The maximum Gasteiger partial charge on any atom is 0.321 e.